The number of hydrogen-bond acceptors (Lipinski definition) is 4. The van der Waals surface area contributed by atoms with Crippen molar-refractivity contribution in [2.45, 2.75) is 45.8 Å². The van der Waals surface area contributed by atoms with E-state index in [1.165, 1.54) is 0 Å². The van der Waals surface area contributed by atoms with Gasteiger partial charge in [0.15, 0.2) is 6.10 Å². The average Bonchev–Trinajstić information content (AvgIpc) is 2.29. The van der Waals surface area contributed by atoms with E-state index in [0.29, 0.717) is 12.2 Å². The molecule has 4 heteroatoms. The summed E-state index contributed by atoms with van der Waals surface area (Å²) in [5.41, 5.74) is 0.394. The monoisotopic (exact) mass is 261 g/mol. The van der Waals surface area contributed by atoms with Crippen molar-refractivity contribution in [1.82, 2.24) is 0 Å². The number of carbonyl (C=O) groups excluding carboxylic acids is 1. The number of benzene rings is 1. The van der Waals surface area contributed by atoms with Crippen LogP contribution in [0.1, 0.15) is 33.3 Å². The van der Waals surface area contributed by atoms with Crippen molar-refractivity contribution in [2.75, 3.05) is 0 Å². The van der Waals surface area contributed by atoms with E-state index in [2.05, 4.69) is 6.07 Å². The van der Waals surface area contributed by atoms with Crippen molar-refractivity contribution in [1.29, 1.82) is 5.26 Å². The number of hydrogen-bond donors (Lipinski definition) is 0. The van der Waals surface area contributed by atoms with E-state index in [4.69, 9.17) is 14.7 Å². The second-order valence-corrected chi connectivity index (χ2v) is 5.27. The van der Waals surface area contributed by atoms with Crippen molar-refractivity contribution < 1.29 is 14.3 Å². The summed E-state index contributed by atoms with van der Waals surface area (Å²) in [7, 11) is 0. The molecule has 0 saturated carbocycles. The van der Waals surface area contributed by atoms with Crippen LogP contribution in [0.3, 0.4) is 0 Å². The van der Waals surface area contributed by atoms with Gasteiger partial charge in [0.25, 0.3) is 0 Å². The number of rotatable bonds is 4. The van der Waals surface area contributed by atoms with E-state index in [9.17, 15) is 4.79 Å². The Bertz CT molecular complexity index is 466. The van der Waals surface area contributed by atoms with Crippen LogP contribution >= 0.6 is 0 Å². The van der Waals surface area contributed by atoms with Gasteiger partial charge in [0.2, 0.25) is 0 Å². The van der Waals surface area contributed by atoms with Crippen LogP contribution in [0.15, 0.2) is 24.3 Å². The van der Waals surface area contributed by atoms with Gasteiger partial charge in [-0.1, -0.05) is 12.1 Å². The lowest BCUT2D eigenvalue weighted by Crippen LogP contribution is -2.33. The summed E-state index contributed by atoms with van der Waals surface area (Å²) in [5, 5.41) is 8.57. The Morgan fingerprint density at radius 3 is 2.37 bits per heavy atom. The van der Waals surface area contributed by atoms with Crippen molar-refractivity contribution in [3.05, 3.63) is 29.8 Å². The maximum absolute atomic E-state index is 11.7. The second kappa shape index (κ2) is 6.24. The van der Waals surface area contributed by atoms with E-state index in [-0.39, 0.29) is 0 Å². The second-order valence-electron chi connectivity index (χ2n) is 5.27. The number of nitriles is 1. The number of nitrogens with zero attached hydrogens (tertiary/aromatic N) is 1. The smallest absolute Gasteiger partial charge is 0.347 e. The Balaban J connectivity index is 2.59. The van der Waals surface area contributed by atoms with E-state index in [1.54, 1.807) is 31.2 Å². The van der Waals surface area contributed by atoms with Crippen LogP contribution in [0.5, 0.6) is 5.75 Å². The van der Waals surface area contributed by atoms with Gasteiger partial charge in [-0.05, 0) is 45.4 Å². The molecule has 1 atom stereocenters. The van der Waals surface area contributed by atoms with Gasteiger partial charge in [0.1, 0.15) is 11.4 Å². The lowest BCUT2D eigenvalue weighted by atomic mass is 10.1. The van der Waals surface area contributed by atoms with Gasteiger partial charge in [-0.2, -0.15) is 5.26 Å². The van der Waals surface area contributed by atoms with Crippen molar-refractivity contribution in [3.8, 4) is 11.8 Å². The highest BCUT2D eigenvalue weighted by atomic mass is 16.6. The fraction of sp³-hybridized carbons (Fsp3) is 0.467. The standard InChI is InChI=1S/C15H19NO3/c1-11(14(17)19-15(2,3)4)18-13-7-5-12(6-8-13)9-10-16/h5-8,11H,9H2,1-4H3. The quantitative estimate of drug-likeness (QED) is 0.782. The highest BCUT2D eigenvalue weighted by Gasteiger charge is 2.22. The first-order valence-corrected chi connectivity index (χ1v) is 6.17. The summed E-state index contributed by atoms with van der Waals surface area (Å²) in [4.78, 5) is 11.7. The lowest BCUT2D eigenvalue weighted by Gasteiger charge is -2.22. The van der Waals surface area contributed by atoms with Crippen LogP contribution < -0.4 is 4.74 Å². The van der Waals surface area contributed by atoms with E-state index < -0.39 is 17.7 Å². The molecule has 0 spiro atoms. The average molecular weight is 261 g/mol. The fourth-order valence-electron chi connectivity index (χ4n) is 1.41. The normalized spacial score (nSPS) is 12.4. The molecule has 1 rings (SSSR count). The van der Waals surface area contributed by atoms with Crippen molar-refractivity contribution in [3.63, 3.8) is 0 Å². The van der Waals surface area contributed by atoms with Crippen LogP contribution in [0.25, 0.3) is 0 Å². The van der Waals surface area contributed by atoms with Crippen molar-refractivity contribution in [2.24, 2.45) is 0 Å². The molecule has 0 aliphatic rings. The molecule has 0 aromatic heterocycles. The Kier molecular flexibility index (Phi) is 4.94. The first-order valence-electron chi connectivity index (χ1n) is 6.17. The van der Waals surface area contributed by atoms with E-state index in [1.807, 2.05) is 20.8 Å². The van der Waals surface area contributed by atoms with Crippen LogP contribution in [-0.2, 0) is 16.0 Å². The minimum atomic E-state index is -0.666. The Hall–Kier alpha value is -2.02. The molecule has 0 N–H and O–H groups in total. The molecule has 4 nitrogen and oxygen atoms in total. The van der Waals surface area contributed by atoms with Gasteiger partial charge >= 0.3 is 5.97 Å². The molecule has 102 valence electrons. The molecule has 0 aliphatic carbocycles. The zero-order valence-electron chi connectivity index (χ0n) is 11.8. The summed E-state index contributed by atoms with van der Waals surface area (Å²) in [6.07, 6.45) is -0.303. The molecule has 0 fully saturated rings. The van der Waals surface area contributed by atoms with Crippen molar-refractivity contribution >= 4 is 5.97 Å². The third-order valence-electron chi connectivity index (χ3n) is 2.26. The van der Waals surface area contributed by atoms with Gasteiger partial charge in [0, 0.05) is 0 Å². The van der Waals surface area contributed by atoms with Gasteiger partial charge in [0.05, 0.1) is 12.5 Å². The molecule has 0 bridgehead atoms. The van der Waals surface area contributed by atoms with E-state index in [0.717, 1.165) is 5.56 Å². The summed E-state index contributed by atoms with van der Waals surface area (Å²) < 4.78 is 10.7. The first-order chi connectivity index (χ1) is 8.81. The number of esters is 1. The third kappa shape index (κ3) is 5.43. The van der Waals surface area contributed by atoms with Gasteiger partial charge < -0.3 is 9.47 Å². The molecule has 0 radical (unpaired) electrons. The van der Waals surface area contributed by atoms with Crippen LogP contribution in [0, 0.1) is 11.3 Å². The Morgan fingerprint density at radius 2 is 1.89 bits per heavy atom. The minimum Gasteiger partial charge on any atom is -0.479 e. The van der Waals surface area contributed by atoms with Crippen LogP contribution in [-0.4, -0.2) is 17.7 Å². The zero-order valence-corrected chi connectivity index (χ0v) is 11.8. The maximum Gasteiger partial charge on any atom is 0.347 e. The highest BCUT2D eigenvalue weighted by molar-refractivity contribution is 5.75. The maximum atomic E-state index is 11.7. The molecule has 1 unspecified atom stereocenters. The number of ether oxygens (including phenoxy) is 2. The molecule has 1 aromatic carbocycles. The third-order valence-corrected chi connectivity index (χ3v) is 2.26. The summed E-state index contributed by atoms with van der Waals surface area (Å²) in [6, 6.07) is 9.17. The Morgan fingerprint density at radius 1 is 1.32 bits per heavy atom. The van der Waals surface area contributed by atoms with Gasteiger partial charge in [-0.15, -0.1) is 0 Å². The van der Waals surface area contributed by atoms with Crippen LogP contribution in [0.4, 0.5) is 0 Å². The molecule has 1 aromatic rings. The molecule has 19 heavy (non-hydrogen) atoms. The van der Waals surface area contributed by atoms with E-state index >= 15 is 0 Å². The summed E-state index contributed by atoms with van der Waals surface area (Å²) >= 11 is 0. The fourth-order valence-corrected chi connectivity index (χ4v) is 1.41. The van der Waals surface area contributed by atoms with Gasteiger partial charge in [-0.3, -0.25) is 0 Å². The summed E-state index contributed by atoms with van der Waals surface area (Å²) in [5.74, 6) is 0.189. The molecular formula is C15H19NO3. The largest absolute Gasteiger partial charge is 0.479 e. The SMILES string of the molecule is CC(Oc1ccc(CC#N)cc1)C(=O)OC(C)(C)C. The summed E-state index contributed by atoms with van der Waals surface area (Å²) in [6.45, 7) is 7.09. The lowest BCUT2D eigenvalue weighted by molar-refractivity contribution is -0.162. The zero-order chi connectivity index (χ0) is 14.5. The topological polar surface area (TPSA) is 59.3 Å². The first kappa shape index (κ1) is 15.0. The molecule has 0 heterocycles. The minimum absolute atomic E-state index is 0.363. The molecule has 0 aliphatic heterocycles. The Labute approximate surface area is 113 Å². The predicted molar refractivity (Wildman–Crippen MR) is 71.7 cm³/mol. The molecular weight excluding hydrogens is 242 g/mol. The molecule has 0 saturated heterocycles. The highest BCUT2D eigenvalue weighted by Crippen LogP contribution is 2.16. The number of carbonyl (C=O) groups is 1. The van der Waals surface area contributed by atoms with Crippen LogP contribution in [0.2, 0.25) is 0 Å². The molecule has 0 amide bonds. The van der Waals surface area contributed by atoms with Gasteiger partial charge in [-0.25, -0.2) is 4.79 Å². The predicted octanol–water partition coefficient (Wildman–Crippen LogP) is 2.86.